The normalized spacial score (nSPS) is 10.5. The smallest absolute Gasteiger partial charge is 0.319 e. The molecule has 1 aromatic heterocycles. The fourth-order valence-electron chi connectivity index (χ4n) is 1.82. The van der Waals surface area contributed by atoms with Gasteiger partial charge in [-0.2, -0.15) is 0 Å². The van der Waals surface area contributed by atoms with E-state index < -0.39 is 0 Å². The summed E-state index contributed by atoms with van der Waals surface area (Å²) in [7, 11) is 0. The second-order valence-corrected chi connectivity index (χ2v) is 5.15. The molecule has 0 bridgehead atoms. The van der Waals surface area contributed by atoms with Crippen LogP contribution in [0.1, 0.15) is 12.5 Å². The molecule has 106 valence electrons. The molecule has 20 heavy (non-hydrogen) atoms. The summed E-state index contributed by atoms with van der Waals surface area (Å²) in [6, 6.07) is 8.75. The Hall–Kier alpha value is -1.72. The molecule has 1 aromatic carbocycles. The molecule has 1 heterocycles. The Labute approximate surface area is 121 Å². The number of halogens is 1. The maximum Gasteiger partial charge on any atom is 0.319 e. The number of nitrogens with one attached hydrogen (secondary N) is 1. The van der Waals surface area contributed by atoms with Gasteiger partial charge in [0, 0.05) is 17.0 Å². The Morgan fingerprint density at radius 1 is 1.40 bits per heavy atom. The molecule has 0 spiro atoms. The molecule has 0 unspecified atom stereocenters. The lowest BCUT2D eigenvalue weighted by Gasteiger charge is -2.07. The zero-order valence-electron chi connectivity index (χ0n) is 11.2. The summed E-state index contributed by atoms with van der Waals surface area (Å²) in [5, 5.41) is 4.90. The maximum absolute atomic E-state index is 13.8. The zero-order valence-corrected chi connectivity index (χ0v) is 12.0. The van der Waals surface area contributed by atoms with Crippen molar-refractivity contribution in [1.29, 1.82) is 0 Å². The van der Waals surface area contributed by atoms with Gasteiger partial charge in [0.25, 0.3) is 0 Å². The quantitative estimate of drug-likeness (QED) is 0.831. The first kappa shape index (κ1) is 14.7. The average Bonchev–Trinajstić information content (AvgIpc) is 2.95. The number of ether oxygens (including phenoxy) is 1. The van der Waals surface area contributed by atoms with Gasteiger partial charge in [0.1, 0.15) is 5.82 Å². The van der Waals surface area contributed by atoms with E-state index in [2.05, 4.69) is 5.32 Å². The number of esters is 1. The Morgan fingerprint density at radius 3 is 2.95 bits per heavy atom. The van der Waals surface area contributed by atoms with Gasteiger partial charge in [-0.25, -0.2) is 4.39 Å². The SMILES string of the molecule is CCOC(=O)CNCc1ccc(F)c(-c2cccs2)c1. The van der Waals surface area contributed by atoms with Crippen molar-refractivity contribution < 1.29 is 13.9 Å². The van der Waals surface area contributed by atoms with Crippen molar-refractivity contribution in [2.75, 3.05) is 13.2 Å². The van der Waals surface area contributed by atoms with Crippen molar-refractivity contribution in [3.05, 3.63) is 47.1 Å². The highest BCUT2D eigenvalue weighted by atomic mass is 32.1. The highest BCUT2D eigenvalue weighted by Gasteiger charge is 2.07. The van der Waals surface area contributed by atoms with E-state index in [0.29, 0.717) is 18.7 Å². The zero-order chi connectivity index (χ0) is 14.4. The Kier molecular flexibility index (Phi) is 5.26. The lowest BCUT2D eigenvalue weighted by atomic mass is 10.1. The van der Waals surface area contributed by atoms with E-state index in [1.54, 1.807) is 19.1 Å². The Morgan fingerprint density at radius 2 is 2.25 bits per heavy atom. The summed E-state index contributed by atoms with van der Waals surface area (Å²) < 4.78 is 18.6. The van der Waals surface area contributed by atoms with E-state index in [-0.39, 0.29) is 18.3 Å². The maximum atomic E-state index is 13.8. The highest BCUT2D eigenvalue weighted by Crippen LogP contribution is 2.28. The van der Waals surface area contributed by atoms with E-state index in [1.807, 2.05) is 17.5 Å². The summed E-state index contributed by atoms with van der Waals surface area (Å²) >= 11 is 1.50. The molecule has 3 nitrogen and oxygen atoms in total. The molecule has 0 aliphatic heterocycles. The summed E-state index contributed by atoms with van der Waals surface area (Å²) in [4.78, 5) is 12.1. The highest BCUT2D eigenvalue weighted by molar-refractivity contribution is 7.13. The van der Waals surface area contributed by atoms with Gasteiger partial charge in [-0.1, -0.05) is 12.1 Å². The molecule has 0 amide bonds. The van der Waals surface area contributed by atoms with Crippen molar-refractivity contribution >= 4 is 17.3 Å². The van der Waals surface area contributed by atoms with E-state index >= 15 is 0 Å². The third-order valence-corrected chi connectivity index (χ3v) is 3.62. The van der Waals surface area contributed by atoms with E-state index in [4.69, 9.17) is 4.74 Å². The lowest BCUT2D eigenvalue weighted by molar-refractivity contribution is -0.142. The van der Waals surface area contributed by atoms with Gasteiger partial charge in [0.2, 0.25) is 0 Å². The molecule has 0 atom stereocenters. The van der Waals surface area contributed by atoms with Gasteiger partial charge in [-0.15, -0.1) is 11.3 Å². The van der Waals surface area contributed by atoms with Crippen molar-refractivity contribution in [1.82, 2.24) is 5.32 Å². The van der Waals surface area contributed by atoms with Gasteiger partial charge in [0.15, 0.2) is 0 Å². The fraction of sp³-hybridized carbons (Fsp3) is 0.267. The molecule has 5 heteroatoms. The average molecular weight is 293 g/mol. The molecular weight excluding hydrogens is 277 g/mol. The second kappa shape index (κ2) is 7.17. The first-order valence-corrected chi connectivity index (χ1v) is 7.27. The molecule has 0 fully saturated rings. The number of thiophene rings is 1. The minimum atomic E-state index is -0.284. The number of carbonyl (C=O) groups is 1. The van der Waals surface area contributed by atoms with Crippen molar-refractivity contribution in [2.24, 2.45) is 0 Å². The van der Waals surface area contributed by atoms with Crippen LogP contribution >= 0.6 is 11.3 Å². The minimum Gasteiger partial charge on any atom is -0.465 e. The standard InChI is InChI=1S/C15H16FNO2S/c1-2-19-15(18)10-17-9-11-5-6-13(16)12(8-11)14-4-3-7-20-14/h3-8,17H,2,9-10H2,1H3. The van der Waals surface area contributed by atoms with Crippen molar-refractivity contribution in [3.63, 3.8) is 0 Å². The van der Waals surface area contributed by atoms with Crippen LogP contribution in [0.25, 0.3) is 10.4 Å². The Bertz CT molecular complexity index is 569. The van der Waals surface area contributed by atoms with Crippen LogP contribution in [0.3, 0.4) is 0 Å². The predicted molar refractivity (Wildman–Crippen MR) is 78.1 cm³/mol. The molecule has 2 aromatic rings. The van der Waals surface area contributed by atoms with Gasteiger partial charge >= 0.3 is 5.97 Å². The molecule has 0 saturated carbocycles. The van der Waals surface area contributed by atoms with Crippen molar-refractivity contribution in [2.45, 2.75) is 13.5 Å². The van der Waals surface area contributed by atoms with E-state index in [9.17, 15) is 9.18 Å². The monoisotopic (exact) mass is 293 g/mol. The molecule has 0 aliphatic carbocycles. The molecule has 0 aliphatic rings. The van der Waals surface area contributed by atoms with Crippen LogP contribution in [0.15, 0.2) is 35.7 Å². The summed E-state index contributed by atoms with van der Waals surface area (Å²) in [5.74, 6) is -0.519. The van der Waals surface area contributed by atoms with Gasteiger partial charge < -0.3 is 10.1 Å². The molecule has 0 radical (unpaired) electrons. The third-order valence-electron chi connectivity index (χ3n) is 2.72. The van der Waals surface area contributed by atoms with Crippen molar-refractivity contribution in [3.8, 4) is 10.4 Å². The summed E-state index contributed by atoms with van der Waals surface area (Å²) in [6.07, 6.45) is 0. The van der Waals surface area contributed by atoms with Gasteiger partial charge in [-0.05, 0) is 36.1 Å². The van der Waals surface area contributed by atoms with Crippen LogP contribution in [0.2, 0.25) is 0 Å². The van der Waals surface area contributed by atoms with Crippen LogP contribution in [-0.2, 0) is 16.1 Å². The summed E-state index contributed by atoms with van der Waals surface area (Å²) in [5.41, 5.74) is 1.52. The number of benzene rings is 1. The Balaban J connectivity index is 2.00. The summed E-state index contributed by atoms with van der Waals surface area (Å²) in [6.45, 7) is 2.79. The van der Waals surface area contributed by atoms with Gasteiger partial charge in [-0.3, -0.25) is 4.79 Å². The first-order valence-electron chi connectivity index (χ1n) is 6.39. The number of rotatable bonds is 6. The fourth-order valence-corrected chi connectivity index (χ4v) is 2.57. The lowest BCUT2D eigenvalue weighted by Crippen LogP contribution is -2.24. The molecule has 0 saturated heterocycles. The van der Waals surface area contributed by atoms with Gasteiger partial charge in [0.05, 0.1) is 13.2 Å². The second-order valence-electron chi connectivity index (χ2n) is 4.20. The largest absolute Gasteiger partial charge is 0.465 e. The number of carbonyl (C=O) groups excluding carboxylic acids is 1. The van der Waals surface area contributed by atoms with Crippen LogP contribution in [0, 0.1) is 5.82 Å². The predicted octanol–water partition coefficient (Wildman–Crippen LogP) is 3.21. The van der Waals surface area contributed by atoms with Crippen LogP contribution in [-0.4, -0.2) is 19.1 Å². The topological polar surface area (TPSA) is 38.3 Å². The van der Waals surface area contributed by atoms with E-state index in [1.165, 1.54) is 17.4 Å². The van der Waals surface area contributed by atoms with Crippen LogP contribution in [0.4, 0.5) is 4.39 Å². The van der Waals surface area contributed by atoms with E-state index in [0.717, 1.165) is 10.4 Å². The first-order chi connectivity index (χ1) is 9.70. The third kappa shape index (κ3) is 3.88. The minimum absolute atomic E-state index is 0.152. The number of hydrogen-bond donors (Lipinski definition) is 1. The molecular formula is C15H16FNO2S. The van der Waals surface area contributed by atoms with Crippen LogP contribution < -0.4 is 5.32 Å². The van der Waals surface area contributed by atoms with Crippen LogP contribution in [0.5, 0.6) is 0 Å². The molecule has 1 N–H and O–H groups in total. The number of hydrogen-bond acceptors (Lipinski definition) is 4. The molecule has 2 rings (SSSR count).